The normalized spacial score (nSPS) is 43.8. The zero-order valence-corrected chi connectivity index (χ0v) is 33.8. The number of epoxide rings is 1. The second-order valence-electron chi connectivity index (χ2n) is 17.6. The second kappa shape index (κ2) is 13.3. The Labute approximate surface area is 324 Å². The molecule has 13 heteroatoms. The second-order valence-corrected chi connectivity index (χ2v) is 18.5. The SMILES string of the molecule is COC(=O)[C@@]12O[C@@H]1CC[C@@]1(O)C3CC[C@]4(C)C(CC[C@@]5(C[C@H](C)OC(=O)c6ccccc6Br)COC(=O)CC[C@H]54)[C@@]3(C)[C@H](OC(C)=O)[C@H](OC(C)=O)[C@]12C. The number of fused-ring (bicyclic) bond motifs is 9. The fourth-order valence-electron chi connectivity index (χ4n) is 13.3. The van der Waals surface area contributed by atoms with E-state index in [1.165, 1.54) is 21.0 Å². The number of halogens is 1. The highest BCUT2D eigenvalue weighted by Crippen LogP contribution is 2.78. The molecule has 0 bridgehead atoms. The smallest absolute Gasteiger partial charge is 0.341 e. The quantitative estimate of drug-likeness (QED) is 0.198. The number of aliphatic hydroxyl groups is 1. The van der Waals surface area contributed by atoms with Gasteiger partial charge in [0.2, 0.25) is 5.60 Å². The van der Waals surface area contributed by atoms with E-state index in [0.29, 0.717) is 55.0 Å². The summed E-state index contributed by atoms with van der Waals surface area (Å²) in [4.78, 5) is 66.3. The predicted octanol–water partition coefficient (Wildman–Crippen LogP) is 5.88. The third-order valence-corrected chi connectivity index (χ3v) is 16.0. The maximum atomic E-state index is 13.7. The van der Waals surface area contributed by atoms with E-state index >= 15 is 0 Å². The summed E-state index contributed by atoms with van der Waals surface area (Å²) in [5.41, 5.74) is -6.23. The molecule has 2 aliphatic heterocycles. The molecule has 6 aliphatic rings. The summed E-state index contributed by atoms with van der Waals surface area (Å²) in [7, 11) is 1.27. The molecule has 0 radical (unpaired) electrons. The van der Waals surface area contributed by atoms with Gasteiger partial charge >= 0.3 is 29.8 Å². The monoisotopic (exact) mass is 816 g/mol. The average Bonchev–Trinajstić information content (AvgIpc) is 3.88. The van der Waals surface area contributed by atoms with Gasteiger partial charge in [-0.1, -0.05) is 26.0 Å². The number of carbonyl (C=O) groups excluding carboxylic acids is 5. The maximum absolute atomic E-state index is 13.7. The molecule has 13 atom stereocenters. The van der Waals surface area contributed by atoms with Crippen LogP contribution in [0.1, 0.15) is 110 Å². The van der Waals surface area contributed by atoms with Gasteiger partial charge in [0.1, 0.15) is 12.2 Å². The summed E-state index contributed by atoms with van der Waals surface area (Å²) >= 11 is 3.45. The van der Waals surface area contributed by atoms with Crippen molar-refractivity contribution in [2.45, 2.75) is 135 Å². The summed E-state index contributed by atoms with van der Waals surface area (Å²) in [6, 6.07) is 7.11. The lowest BCUT2D eigenvalue weighted by molar-refractivity contribution is -0.339. The van der Waals surface area contributed by atoms with Gasteiger partial charge in [-0.15, -0.1) is 0 Å². The Morgan fingerprint density at radius 1 is 0.926 bits per heavy atom. The largest absolute Gasteiger partial charge is 0.467 e. The Morgan fingerprint density at radius 3 is 2.26 bits per heavy atom. The van der Waals surface area contributed by atoms with E-state index in [1.54, 1.807) is 25.1 Å². The summed E-state index contributed by atoms with van der Waals surface area (Å²) in [5.74, 6) is -3.34. The zero-order chi connectivity index (χ0) is 39.2. The van der Waals surface area contributed by atoms with Crippen LogP contribution in [0.3, 0.4) is 0 Å². The molecule has 4 saturated carbocycles. The molecule has 1 aromatic rings. The van der Waals surface area contributed by atoms with E-state index < -0.39 is 87.1 Å². The lowest BCUT2D eigenvalue weighted by Gasteiger charge is -2.73. The first kappa shape index (κ1) is 39.2. The summed E-state index contributed by atoms with van der Waals surface area (Å²) < 4.78 is 36.7. The molecule has 4 aliphatic carbocycles. The lowest BCUT2D eigenvalue weighted by Crippen LogP contribution is -2.81. The molecule has 1 aromatic carbocycles. The molecule has 12 nitrogen and oxygen atoms in total. The molecular weight excluding hydrogens is 764 g/mol. The number of rotatable bonds is 7. The van der Waals surface area contributed by atoms with Crippen LogP contribution in [0.2, 0.25) is 0 Å². The van der Waals surface area contributed by atoms with Crippen LogP contribution in [0, 0.1) is 39.4 Å². The zero-order valence-electron chi connectivity index (χ0n) is 32.2. The van der Waals surface area contributed by atoms with Crippen LogP contribution in [0.5, 0.6) is 0 Å². The number of methoxy groups -OCH3 is 1. The van der Waals surface area contributed by atoms with Gasteiger partial charge in [0.15, 0.2) is 6.10 Å². The van der Waals surface area contributed by atoms with Crippen molar-refractivity contribution in [2.24, 2.45) is 39.4 Å². The third kappa shape index (κ3) is 5.36. The Hall–Kier alpha value is -3.03. The van der Waals surface area contributed by atoms with Crippen LogP contribution < -0.4 is 0 Å². The highest BCUT2D eigenvalue weighted by atomic mass is 79.9. The van der Waals surface area contributed by atoms with Gasteiger partial charge in [-0.05, 0) is 116 Å². The van der Waals surface area contributed by atoms with E-state index in [4.69, 9.17) is 28.4 Å². The third-order valence-electron chi connectivity index (χ3n) is 15.3. The van der Waals surface area contributed by atoms with Gasteiger partial charge in [-0.3, -0.25) is 14.4 Å². The summed E-state index contributed by atoms with van der Waals surface area (Å²) in [6.45, 7) is 10.7. The Balaban J connectivity index is 1.31. The van der Waals surface area contributed by atoms with Crippen LogP contribution in [-0.2, 0) is 47.6 Å². The molecule has 2 saturated heterocycles. The number of ether oxygens (including phenoxy) is 6. The highest BCUT2D eigenvalue weighted by Gasteiger charge is 2.89. The van der Waals surface area contributed by atoms with Crippen LogP contribution in [-0.4, -0.2) is 84.3 Å². The Bertz CT molecular complexity index is 1750. The molecule has 0 amide bonds. The molecule has 2 heterocycles. The number of carbonyl (C=O) groups is 5. The van der Waals surface area contributed by atoms with Crippen LogP contribution in [0.25, 0.3) is 0 Å². The predicted molar refractivity (Wildman–Crippen MR) is 194 cm³/mol. The molecule has 1 N–H and O–H groups in total. The Kier molecular flexibility index (Phi) is 9.65. The fourth-order valence-corrected chi connectivity index (χ4v) is 13.7. The van der Waals surface area contributed by atoms with Crippen LogP contribution in [0.4, 0.5) is 0 Å². The van der Waals surface area contributed by atoms with Crippen molar-refractivity contribution >= 4 is 45.8 Å². The molecule has 296 valence electrons. The summed E-state index contributed by atoms with van der Waals surface area (Å²) in [5, 5.41) is 13.4. The lowest BCUT2D eigenvalue weighted by atomic mass is 9.32. The van der Waals surface area contributed by atoms with Gasteiger partial charge in [0.05, 0.1) is 36.4 Å². The maximum Gasteiger partial charge on any atom is 0.341 e. The van der Waals surface area contributed by atoms with E-state index in [1.807, 2.05) is 13.0 Å². The van der Waals surface area contributed by atoms with Crippen molar-refractivity contribution in [3.63, 3.8) is 0 Å². The number of esters is 5. The highest BCUT2D eigenvalue weighted by molar-refractivity contribution is 9.10. The number of hydrogen-bond donors (Lipinski definition) is 1. The molecular formula is C41H53BrO12. The topological polar surface area (TPSA) is 164 Å². The van der Waals surface area contributed by atoms with E-state index in [2.05, 4.69) is 29.8 Å². The minimum absolute atomic E-state index is 0.0744. The standard InChI is InChI=1S/C41H53BrO12/c1-22(51-34(46)25-10-8-9-11-26(25)42)20-39-18-15-27-36(4,28(39)12-13-31(45)50-21-39)17-14-29-37(27,5)32(52-23(2)43)33(53-24(3)44)38(6)40(29,48)19-16-30-41(38,54-30)35(47)49-7/h8-11,22,27-30,32-33,48H,12-21H2,1-7H3/t22-,27?,28-,29?,30+,32+,33-,36+,37+,38+,39+,40+,41-/m0/s1. The fraction of sp³-hybridized carbons (Fsp3) is 0.732. The van der Waals surface area contributed by atoms with Crippen molar-refractivity contribution in [2.75, 3.05) is 13.7 Å². The number of cyclic esters (lactones) is 1. The number of benzene rings is 1. The molecule has 0 aromatic heterocycles. The van der Waals surface area contributed by atoms with Crippen molar-refractivity contribution in [3.05, 3.63) is 34.3 Å². The molecule has 0 spiro atoms. The van der Waals surface area contributed by atoms with Crippen LogP contribution >= 0.6 is 15.9 Å². The Morgan fingerprint density at radius 2 is 1.59 bits per heavy atom. The van der Waals surface area contributed by atoms with Gasteiger partial charge in [0.25, 0.3) is 0 Å². The van der Waals surface area contributed by atoms with Gasteiger partial charge in [-0.2, -0.15) is 0 Å². The first-order valence-corrected chi connectivity index (χ1v) is 20.1. The minimum Gasteiger partial charge on any atom is -0.467 e. The van der Waals surface area contributed by atoms with Crippen molar-refractivity contribution in [1.82, 2.24) is 0 Å². The molecule has 6 fully saturated rings. The number of hydrogen-bond acceptors (Lipinski definition) is 12. The summed E-state index contributed by atoms with van der Waals surface area (Å²) in [6.07, 6.45) is 0.984. The molecule has 54 heavy (non-hydrogen) atoms. The minimum atomic E-state index is -1.60. The van der Waals surface area contributed by atoms with E-state index in [9.17, 15) is 29.1 Å². The first-order chi connectivity index (χ1) is 25.4. The van der Waals surface area contributed by atoms with E-state index in [0.717, 1.165) is 0 Å². The van der Waals surface area contributed by atoms with E-state index in [-0.39, 0.29) is 37.3 Å². The van der Waals surface area contributed by atoms with Gasteiger partial charge in [0, 0.05) is 35.6 Å². The average molecular weight is 818 g/mol. The molecule has 7 rings (SSSR count). The van der Waals surface area contributed by atoms with Gasteiger partial charge in [-0.25, -0.2) is 9.59 Å². The van der Waals surface area contributed by atoms with Crippen LogP contribution in [0.15, 0.2) is 28.7 Å². The molecule has 2 unspecified atom stereocenters. The van der Waals surface area contributed by atoms with Crippen molar-refractivity contribution in [3.8, 4) is 0 Å². The first-order valence-electron chi connectivity index (χ1n) is 19.3. The van der Waals surface area contributed by atoms with Crippen molar-refractivity contribution in [1.29, 1.82) is 0 Å². The van der Waals surface area contributed by atoms with Gasteiger partial charge < -0.3 is 33.5 Å². The van der Waals surface area contributed by atoms with Crippen molar-refractivity contribution < 1.29 is 57.5 Å².